The number of hydrogen-bond acceptors (Lipinski definition) is 4. The van der Waals surface area contributed by atoms with E-state index >= 15 is 0 Å². The van der Waals surface area contributed by atoms with E-state index in [-0.39, 0.29) is 0 Å². The Labute approximate surface area is 136 Å². The van der Waals surface area contributed by atoms with Crippen molar-refractivity contribution in [3.63, 3.8) is 0 Å². The monoisotopic (exact) mass is 328 g/mol. The van der Waals surface area contributed by atoms with Crippen molar-refractivity contribution < 1.29 is 18.6 Å². The van der Waals surface area contributed by atoms with Crippen molar-refractivity contribution >= 4 is 5.69 Å². The molecule has 0 spiro atoms. The van der Waals surface area contributed by atoms with Gasteiger partial charge in [0, 0.05) is 45.4 Å². The quantitative estimate of drug-likeness (QED) is 0.832. The van der Waals surface area contributed by atoms with Gasteiger partial charge in [-0.05, 0) is 18.1 Å². The van der Waals surface area contributed by atoms with Crippen LogP contribution in [-0.2, 0) is 4.74 Å². The Morgan fingerprint density at radius 3 is 2.43 bits per heavy atom. The molecule has 1 N–H and O–H groups in total. The number of anilines is 1. The summed E-state index contributed by atoms with van der Waals surface area (Å²) in [6.07, 6.45) is -0.511. The minimum absolute atomic E-state index is 0.338. The fraction of sp³-hybridized carbons (Fsp3) is 0.647. The van der Waals surface area contributed by atoms with E-state index in [0.29, 0.717) is 44.5 Å². The molecule has 1 saturated heterocycles. The zero-order chi connectivity index (χ0) is 16.8. The number of benzene rings is 1. The van der Waals surface area contributed by atoms with Crippen LogP contribution in [0.4, 0.5) is 14.5 Å². The second-order valence-corrected chi connectivity index (χ2v) is 6.47. The average molecular weight is 328 g/mol. The minimum atomic E-state index is -0.561. The first-order chi connectivity index (χ1) is 11.0. The van der Waals surface area contributed by atoms with Crippen LogP contribution >= 0.6 is 0 Å². The minimum Gasteiger partial charge on any atom is -0.389 e. The largest absolute Gasteiger partial charge is 0.389 e. The molecule has 0 aliphatic carbocycles. The van der Waals surface area contributed by atoms with Crippen LogP contribution in [0.25, 0.3) is 0 Å². The summed E-state index contributed by atoms with van der Waals surface area (Å²) in [6, 6.07) is 3.67. The Balaban J connectivity index is 1.75. The second kappa shape index (κ2) is 8.57. The number of β-amino-alcohol motifs (C(OH)–C–C–N with tert-alkyl or cyclic N) is 1. The lowest BCUT2D eigenvalue weighted by Gasteiger charge is -2.37. The Kier molecular flexibility index (Phi) is 6.74. The van der Waals surface area contributed by atoms with Gasteiger partial charge in [-0.1, -0.05) is 13.8 Å². The summed E-state index contributed by atoms with van der Waals surface area (Å²) in [4.78, 5) is 4.05. The Morgan fingerprint density at radius 1 is 1.13 bits per heavy atom. The molecule has 1 unspecified atom stereocenters. The molecule has 0 amide bonds. The second-order valence-electron chi connectivity index (χ2n) is 6.47. The molecule has 0 aromatic heterocycles. The van der Waals surface area contributed by atoms with Gasteiger partial charge in [0.1, 0.15) is 11.6 Å². The normalized spacial score (nSPS) is 17.7. The maximum atomic E-state index is 13.8. The molecule has 0 saturated carbocycles. The number of aliphatic hydroxyl groups is 1. The van der Waals surface area contributed by atoms with Crippen LogP contribution in [-0.4, -0.2) is 62.0 Å². The number of piperazine rings is 1. The summed E-state index contributed by atoms with van der Waals surface area (Å²) in [5.74, 6) is -0.633. The van der Waals surface area contributed by atoms with E-state index in [1.165, 1.54) is 12.1 Å². The van der Waals surface area contributed by atoms with Crippen molar-refractivity contribution in [2.24, 2.45) is 5.92 Å². The highest BCUT2D eigenvalue weighted by Crippen LogP contribution is 2.21. The molecular formula is C17H26F2N2O2. The number of halogens is 2. The van der Waals surface area contributed by atoms with E-state index < -0.39 is 17.7 Å². The van der Waals surface area contributed by atoms with Gasteiger partial charge in [0.05, 0.1) is 18.4 Å². The molecule has 2 rings (SSSR count). The molecule has 1 aromatic rings. The highest BCUT2D eigenvalue weighted by atomic mass is 19.1. The van der Waals surface area contributed by atoms with Crippen molar-refractivity contribution in [2.45, 2.75) is 20.0 Å². The van der Waals surface area contributed by atoms with Crippen LogP contribution in [0, 0.1) is 17.6 Å². The Hall–Kier alpha value is -1.24. The van der Waals surface area contributed by atoms with Crippen molar-refractivity contribution in [3.05, 3.63) is 29.8 Å². The van der Waals surface area contributed by atoms with Crippen LogP contribution < -0.4 is 4.90 Å². The lowest BCUT2D eigenvalue weighted by molar-refractivity contribution is 0.00745. The lowest BCUT2D eigenvalue weighted by Crippen LogP contribution is -2.49. The van der Waals surface area contributed by atoms with Crippen molar-refractivity contribution in [3.8, 4) is 0 Å². The van der Waals surface area contributed by atoms with Crippen LogP contribution in [0.1, 0.15) is 13.8 Å². The first-order valence-electron chi connectivity index (χ1n) is 8.14. The van der Waals surface area contributed by atoms with Crippen molar-refractivity contribution in [1.82, 2.24) is 4.90 Å². The third kappa shape index (κ3) is 5.71. The summed E-state index contributed by atoms with van der Waals surface area (Å²) >= 11 is 0. The number of hydrogen-bond donors (Lipinski definition) is 1. The molecule has 23 heavy (non-hydrogen) atoms. The zero-order valence-electron chi connectivity index (χ0n) is 13.8. The molecule has 1 fully saturated rings. The molecule has 1 aromatic carbocycles. The van der Waals surface area contributed by atoms with Crippen LogP contribution in [0.15, 0.2) is 18.2 Å². The van der Waals surface area contributed by atoms with Gasteiger partial charge in [0.2, 0.25) is 0 Å². The average Bonchev–Trinajstić information content (AvgIpc) is 2.48. The van der Waals surface area contributed by atoms with E-state index in [9.17, 15) is 13.9 Å². The molecule has 0 radical (unpaired) electrons. The van der Waals surface area contributed by atoms with Crippen molar-refractivity contribution in [2.75, 3.05) is 50.8 Å². The van der Waals surface area contributed by atoms with E-state index in [4.69, 9.17) is 4.74 Å². The van der Waals surface area contributed by atoms with Crippen molar-refractivity contribution in [1.29, 1.82) is 0 Å². The maximum absolute atomic E-state index is 13.8. The van der Waals surface area contributed by atoms with Gasteiger partial charge in [-0.25, -0.2) is 8.78 Å². The molecule has 0 bridgehead atoms. The van der Waals surface area contributed by atoms with Crippen LogP contribution in [0.3, 0.4) is 0 Å². The third-order valence-electron chi connectivity index (χ3n) is 3.85. The van der Waals surface area contributed by atoms with E-state index in [0.717, 1.165) is 19.2 Å². The van der Waals surface area contributed by atoms with Gasteiger partial charge in [-0.15, -0.1) is 0 Å². The smallest absolute Gasteiger partial charge is 0.149 e. The van der Waals surface area contributed by atoms with Gasteiger partial charge >= 0.3 is 0 Å². The van der Waals surface area contributed by atoms with Gasteiger partial charge in [0.25, 0.3) is 0 Å². The van der Waals surface area contributed by atoms with Crippen LogP contribution in [0.2, 0.25) is 0 Å². The molecule has 130 valence electrons. The van der Waals surface area contributed by atoms with E-state index in [2.05, 4.69) is 18.7 Å². The summed E-state index contributed by atoms with van der Waals surface area (Å²) in [5.41, 5.74) is 0.437. The third-order valence-corrected chi connectivity index (χ3v) is 3.85. The summed E-state index contributed by atoms with van der Waals surface area (Å²) < 4.78 is 32.2. The standard InChI is InChI=1S/C17H26F2N2O2/c1-13(2)11-23-12-15(22)10-20-5-7-21(8-6-20)17-4-3-14(18)9-16(17)19/h3-4,9,13,15,22H,5-8,10-12H2,1-2H3. The molecular weight excluding hydrogens is 302 g/mol. The van der Waals surface area contributed by atoms with Gasteiger partial charge in [0.15, 0.2) is 0 Å². The molecule has 6 heteroatoms. The first-order valence-corrected chi connectivity index (χ1v) is 8.14. The maximum Gasteiger partial charge on any atom is 0.149 e. The van der Waals surface area contributed by atoms with Gasteiger partial charge in [-0.3, -0.25) is 4.90 Å². The lowest BCUT2D eigenvalue weighted by atomic mass is 10.2. The molecule has 1 atom stereocenters. The number of aliphatic hydroxyl groups excluding tert-OH is 1. The molecule has 1 aliphatic rings. The van der Waals surface area contributed by atoms with Gasteiger partial charge in [-0.2, -0.15) is 0 Å². The predicted octanol–water partition coefficient (Wildman–Crippen LogP) is 2.12. The SMILES string of the molecule is CC(C)COCC(O)CN1CCN(c2ccc(F)cc2F)CC1. The topological polar surface area (TPSA) is 35.9 Å². The number of ether oxygens (including phenoxy) is 1. The zero-order valence-corrected chi connectivity index (χ0v) is 13.8. The number of nitrogens with zero attached hydrogens (tertiary/aromatic N) is 2. The van der Waals surface area contributed by atoms with E-state index in [1.54, 1.807) is 0 Å². The molecule has 1 heterocycles. The summed E-state index contributed by atoms with van der Waals surface area (Å²) in [7, 11) is 0. The first kappa shape index (κ1) is 18.1. The van der Waals surface area contributed by atoms with Gasteiger partial charge < -0.3 is 14.7 Å². The molecule has 4 nitrogen and oxygen atoms in total. The summed E-state index contributed by atoms with van der Waals surface area (Å²) in [5, 5.41) is 9.99. The highest BCUT2D eigenvalue weighted by Gasteiger charge is 2.21. The fourth-order valence-corrected chi connectivity index (χ4v) is 2.70. The highest BCUT2D eigenvalue weighted by molar-refractivity contribution is 5.48. The summed E-state index contributed by atoms with van der Waals surface area (Å²) in [6.45, 7) is 8.46. The Bertz CT molecular complexity index is 491. The van der Waals surface area contributed by atoms with Crippen LogP contribution in [0.5, 0.6) is 0 Å². The fourth-order valence-electron chi connectivity index (χ4n) is 2.70. The predicted molar refractivity (Wildman–Crippen MR) is 86.7 cm³/mol. The molecule has 1 aliphatic heterocycles. The Morgan fingerprint density at radius 2 is 1.83 bits per heavy atom. The number of rotatable bonds is 7. The van der Waals surface area contributed by atoms with E-state index in [1.807, 2.05) is 4.90 Å².